The third-order valence-corrected chi connectivity index (χ3v) is 5.68. The van der Waals surface area contributed by atoms with Crippen LogP contribution in [-0.2, 0) is 14.5 Å². The van der Waals surface area contributed by atoms with Gasteiger partial charge < -0.3 is 4.55 Å². The van der Waals surface area contributed by atoms with Gasteiger partial charge in [0.05, 0.1) is 4.90 Å². The van der Waals surface area contributed by atoms with Gasteiger partial charge in [-0.15, -0.1) is 0 Å². The average molecular weight is 350 g/mol. The van der Waals surface area contributed by atoms with Crippen LogP contribution < -0.4 is 0 Å². The maximum Gasteiger partial charge on any atom is 0.144 e. The molecule has 1 saturated carbocycles. The predicted octanol–water partition coefficient (Wildman–Crippen LogP) is 4.50. The SMILES string of the molecule is Cc1ccc(S(=O)(=O)[O-])c(C(Cl)(Cl)CC2CCCCC2)c1. The van der Waals surface area contributed by atoms with Crippen molar-refractivity contribution in [3.8, 4) is 0 Å². The molecule has 0 N–H and O–H groups in total. The van der Waals surface area contributed by atoms with E-state index < -0.39 is 14.5 Å². The second-order valence-electron chi connectivity index (χ2n) is 5.87. The van der Waals surface area contributed by atoms with E-state index in [1.165, 1.54) is 12.5 Å². The molecule has 1 aliphatic carbocycles. The Labute approximate surface area is 136 Å². The Balaban J connectivity index is 2.36. The van der Waals surface area contributed by atoms with Crippen LogP contribution in [-0.4, -0.2) is 13.0 Å². The van der Waals surface area contributed by atoms with Crippen LogP contribution in [0.3, 0.4) is 0 Å². The van der Waals surface area contributed by atoms with Gasteiger partial charge in [-0.25, -0.2) is 8.42 Å². The van der Waals surface area contributed by atoms with Gasteiger partial charge in [0.25, 0.3) is 0 Å². The molecule has 1 aromatic rings. The monoisotopic (exact) mass is 349 g/mol. The number of benzene rings is 1. The molecule has 21 heavy (non-hydrogen) atoms. The normalized spacial score (nSPS) is 17.9. The molecule has 0 bridgehead atoms. The fourth-order valence-electron chi connectivity index (χ4n) is 3.01. The fourth-order valence-corrected chi connectivity index (χ4v) is 4.61. The Kier molecular flexibility index (Phi) is 5.24. The summed E-state index contributed by atoms with van der Waals surface area (Å²) in [5.41, 5.74) is 1.04. The predicted molar refractivity (Wildman–Crippen MR) is 83.7 cm³/mol. The summed E-state index contributed by atoms with van der Waals surface area (Å²) < 4.78 is 32.9. The van der Waals surface area contributed by atoms with Crippen molar-refractivity contribution in [1.29, 1.82) is 0 Å². The largest absolute Gasteiger partial charge is 0.744 e. The highest BCUT2D eigenvalue weighted by Gasteiger charge is 2.34. The van der Waals surface area contributed by atoms with Gasteiger partial charge in [-0.05, 0) is 25.3 Å². The Morgan fingerprint density at radius 1 is 1.24 bits per heavy atom. The summed E-state index contributed by atoms with van der Waals surface area (Å²) in [6.07, 6.45) is 6.09. The number of aryl methyl sites for hydroxylation is 1. The highest BCUT2D eigenvalue weighted by Crippen LogP contribution is 2.45. The van der Waals surface area contributed by atoms with Crippen LogP contribution in [0.15, 0.2) is 23.1 Å². The summed E-state index contributed by atoms with van der Waals surface area (Å²) in [6.45, 7) is 1.81. The smallest absolute Gasteiger partial charge is 0.144 e. The molecule has 0 amide bonds. The van der Waals surface area contributed by atoms with Crippen LogP contribution in [0.5, 0.6) is 0 Å². The molecule has 1 fully saturated rings. The minimum absolute atomic E-state index is 0.214. The van der Waals surface area contributed by atoms with Crippen molar-refractivity contribution in [2.45, 2.75) is 54.7 Å². The van der Waals surface area contributed by atoms with E-state index in [2.05, 4.69) is 0 Å². The van der Waals surface area contributed by atoms with Crippen LogP contribution in [0, 0.1) is 12.8 Å². The maximum atomic E-state index is 11.4. The Bertz CT molecular complexity index is 605. The minimum Gasteiger partial charge on any atom is -0.744 e. The zero-order valence-corrected chi connectivity index (χ0v) is 14.3. The van der Waals surface area contributed by atoms with E-state index in [0.717, 1.165) is 31.2 Å². The number of rotatable bonds is 4. The molecule has 0 saturated heterocycles. The summed E-state index contributed by atoms with van der Waals surface area (Å²) in [6, 6.07) is 4.49. The zero-order chi connectivity index (χ0) is 15.7. The quantitative estimate of drug-likeness (QED) is 0.593. The van der Waals surface area contributed by atoms with Crippen molar-refractivity contribution in [3.63, 3.8) is 0 Å². The fraction of sp³-hybridized carbons (Fsp3) is 0.600. The summed E-state index contributed by atoms with van der Waals surface area (Å²) in [5.74, 6) is 0.372. The lowest BCUT2D eigenvalue weighted by molar-refractivity contribution is 0.326. The van der Waals surface area contributed by atoms with Gasteiger partial charge in [-0.3, -0.25) is 0 Å². The highest BCUT2D eigenvalue weighted by atomic mass is 35.5. The van der Waals surface area contributed by atoms with Crippen LogP contribution in [0.1, 0.15) is 49.7 Å². The van der Waals surface area contributed by atoms with Crippen molar-refractivity contribution in [2.24, 2.45) is 5.92 Å². The van der Waals surface area contributed by atoms with Crippen molar-refractivity contribution >= 4 is 33.3 Å². The maximum absolute atomic E-state index is 11.4. The zero-order valence-electron chi connectivity index (χ0n) is 11.9. The lowest BCUT2D eigenvalue weighted by atomic mass is 9.84. The molecule has 0 unspecified atom stereocenters. The van der Waals surface area contributed by atoms with Gasteiger partial charge in [-0.2, -0.15) is 0 Å². The van der Waals surface area contributed by atoms with E-state index in [0.29, 0.717) is 12.3 Å². The molecule has 1 aromatic carbocycles. The second kappa shape index (κ2) is 6.45. The third kappa shape index (κ3) is 4.35. The standard InChI is InChI=1S/C15H20Cl2O3S/c1-11-7-8-14(21(18,19)20)13(9-11)15(16,17)10-12-5-3-2-4-6-12/h7-9,12H,2-6,10H2,1H3,(H,18,19,20)/p-1. The van der Waals surface area contributed by atoms with Gasteiger partial charge in [0, 0.05) is 5.56 Å². The molecule has 3 nitrogen and oxygen atoms in total. The van der Waals surface area contributed by atoms with E-state index in [1.54, 1.807) is 12.1 Å². The molecule has 2 rings (SSSR count). The highest BCUT2D eigenvalue weighted by molar-refractivity contribution is 7.85. The third-order valence-electron chi connectivity index (χ3n) is 4.07. The molecular formula is C15H19Cl2O3S-. The summed E-state index contributed by atoms with van der Waals surface area (Å²) in [5, 5.41) is 0. The first-order valence-corrected chi connectivity index (χ1v) is 9.31. The lowest BCUT2D eigenvalue weighted by Gasteiger charge is -2.30. The van der Waals surface area contributed by atoms with Crippen molar-refractivity contribution in [2.75, 3.05) is 0 Å². The molecule has 0 aliphatic heterocycles. The first kappa shape index (κ1) is 17.1. The van der Waals surface area contributed by atoms with Crippen LogP contribution in [0.4, 0.5) is 0 Å². The van der Waals surface area contributed by atoms with Gasteiger partial charge in [0.15, 0.2) is 0 Å². The number of hydrogen-bond acceptors (Lipinski definition) is 3. The Morgan fingerprint density at radius 3 is 2.43 bits per heavy atom. The van der Waals surface area contributed by atoms with E-state index in [-0.39, 0.29) is 10.5 Å². The molecule has 0 spiro atoms. The van der Waals surface area contributed by atoms with Crippen molar-refractivity contribution in [1.82, 2.24) is 0 Å². The number of alkyl halides is 2. The van der Waals surface area contributed by atoms with Crippen LogP contribution in [0.2, 0.25) is 0 Å². The minimum atomic E-state index is -4.59. The van der Waals surface area contributed by atoms with E-state index in [9.17, 15) is 13.0 Å². The van der Waals surface area contributed by atoms with Crippen molar-refractivity contribution in [3.05, 3.63) is 29.3 Å². The van der Waals surface area contributed by atoms with E-state index in [1.807, 2.05) is 6.92 Å². The Morgan fingerprint density at radius 2 is 1.86 bits per heavy atom. The lowest BCUT2D eigenvalue weighted by Crippen LogP contribution is -2.21. The van der Waals surface area contributed by atoms with Gasteiger partial charge in [0.1, 0.15) is 14.5 Å². The molecule has 1 aliphatic rings. The first-order chi connectivity index (χ1) is 9.70. The molecule has 118 valence electrons. The van der Waals surface area contributed by atoms with Gasteiger partial charge in [0.2, 0.25) is 0 Å². The summed E-state index contributed by atoms with van der Waals surface area (Å²) in [7, 11) is -4.59. The van der Waals surface area contributed by atoms with Crippen molar-refractivity contribution < 1.29 is 13.0 Å². The molecular weight excluding hydrogens is 331 g/mol. The van der Waals surface area contributed by atoms with E-state index >= 15 is 0 Å². The van der Waals surface area contributed by atoms with Crippen LogP contribution in [0.25, 0.3) is 0 Å². The number of hydrogen-bond donors (Lipinski definition) is 0. The molecule has 0 radical (unpaired) electrons. The van der Waals surface area contributed by atoms with E-state index in [4.69, 9.17) is 23.2 Å². The first-order valence-electron chi connectivity index (χ1n) is 7.15. The molecule has 0 heterocycles. The molecule has 6 heteroatoms. The van der Waals surface area contributed by atoms with Gasteiger partial charge >= 0.3 is 0 Å². The molecule has 0 atom stereocenters. The molecule has 0 aromatic heterocycles. The Hall–Kier alpha value is -0.290. The van der Waals surface area contributed by atoms with Gasteiger partial charge in [-0.1, -0.05) is 73.0 Å². The topological polar surface area (TPSA) is 57.2 Å². The van der Waals surface area contributed by atoms with Crippen LogP contribution >= 0.6 is 23.2 Å². The summed E-state index contributed by atoms with van der Waals surface area (Å²) in [4.78, 5) is -0.311. The number of halogens is 2. The second-order valence-corrected chi connectivity index (χ2v) is 8.70. The average Bonchev–Trinajstić information content (AvgIpc) is 2.38. The summed E-state index contributed by atoms with van der Waals surface area (Å²) >= 11 is 12.9.